The van der Waals surface area contributed by atoms with E-state index in [0.717, 1.165) is 0 Å². The van der Waals surface area contributed by atoms with Gasteiger partial charge in [0, 0.05) is 0 Å². The smallest absolute Gasteiger partial charge is 0.310 e. The van der Waals surface area contributed by atoms with Crippen LogP contribution in [0.3, 0.4) is 0 Å². The maximum Gasteiger partial charge on any atom is 0.310 e. The van der Waals surface area contributed by atoms with Crippen LogP contribution in [0, 0.1) is 10.8 Å². The van der Waals surface area contributed by atoms with Crippen molar-refractivity contribution < 1.29 is 19.8 Å². The van der Waals surface area contributed by atoms with E-state index in [2.05, 4.69) is 12.1 Å². The van der Waals surface area contributed by atoms with Crippen molar-refractivity contribution in [3.8, 4) is 0 Å². The van der Waals surface area contributed by atoms with Crippen LogP contribution in [0.15, 0.2) is 48.5 Å². The van der Waals surface area contributed by atoms with Gasteiger partial charge in [0.25, 0.3) is 0 Å². The molecule has 2 aliphatic carbocycles. The Hall–Kier alpha value is -2.62. The number of carboxylic acid groups (broad SMARTS) is 2. The van der Waals surface area contributed by atoms with Crippen molar-refractivity contribution in [3.05, 3.63) is 70.8 Å². The highest BCUT2D eigenvalue weighted by molar-refractivity contribution is 5.79. The number of aliphatic carboxylic acids is 2. The molecule has 0 aliphatic heterocycles. The Morgan fingerprint density at radius 2 is 1.10 bits per heavy atom. The first-order chi connectivity index (χ1) is 14.2. The van der Waals surface area contributed by atoms with E-state index in [0.29, 0.717) is 25.7 Å². The average Bonchev–Trinajstić information content (AvgIpc) is 3.22. The van der Waals surface area contributed by atoms with Crippen LogP contribution in [0.25, 0.3) is 0 Å². The molecular weight excluding hydrogens is 376 g/mol. The molecule has 2 aromatic rings. The second-order valence-electron chi connectivity index (χ2n) is 8.82. The van der Waals surface area contributed by atoms with Crippen LogP contribution in [-0.2, 0) is 22.4 Å². The zero-order chi connectivity index (χ0) is 22.1. The molecule has 0 radical (unpaired) electrons. The van der Waals surface area contributed by atoms with Gasteiger partial charge in [-0.05, 0) is 59.8 Å². The van der Waals surface area contributed by atoms with Gasteiger partial charge in [-0.1, -0.05) is 76.2 Å². The van der Waals surface area contributed by atoms with Crippen LogP contribution in [0.4, 0.5) is 0 Å². The van der Waals surface area contributed by atoms with E-state index >= 15 is 0 Å². The maximum atomic E-state index is 11.4. The fourth-order valence-corrected chi connectivity index (χ4v) is 5.50. The highest BCUT2D eigenvalue weighted by atomic mass is 16.4. The molecule has 4 rings (SSSR count). The van der Waals surface area contributed by atoms with Gasteiger partial charge in [0.15, 0.2) is 0 Å². The van der Waals surface area contributed by atoms with E-state index in [1.54, 1.807) is 0 Å². The van der Waals surface area contributed by atoms with Gasteiger partial charge in [0.05, 0.1) is 10.8 Å². The van der Waals surface area contributed by atoms with Crippen molar-refractivity contribution in [2.45, 2.75) is 65.2 Å². The predicted octanol–water partition coefficient (Wildman–Crippen LogP) is 5.65. The minimum absolute atomic E-state index is 0.121. The van der Waals surface area contributed by atoms with Crippen molar-refractivity contribution in [1.82, 2.24) is 0 Å². The number of fused-ring (bicyclic) bond motifs is 2. The molecule has 4 nitrogen and oxygen atoms in total. The van der Waals surface area contributed by atoms with E-state index in [-0.39, 0.29) is 11.8 Å². The number of hydrogen-bond donors (Lipinski definition) is 2. The van der Waals surface area contributed by atoms with Crippen LogP contribution >= 0.6 is 0 Å². The van der Waals surface area contributed by atoms with Gasteiger partial charge < -0.3 is 10.2 Å². The minimum atomic E-state index is -0.659. The molecular formula is C26H32O4. The molecule has 2 aromatic carbocycles. The van der Waals surface area contributed by atoms with Crippen LogP contribution in [0.2, 0.25) is 0 Å². The third-order valence-electron chi connectivity index (χ3n) is 7.83. The number of benzene rings is 2. The summed E-state index contributed by atoms with van der Waals surface area (Å²) in [4.78, 5) is 22.9. The van der Waals surface area contributed by atoms with Gasteiger partial charge in [-0.2, -0.15) is 0 Å². The zero-order valence-corrected chi connectivity index (χ0v) is 18.3. The topological polar surface area (TPSA) is 74.6 Å². The second-order valence-corrected chi connectivity index (χ2v) is 8.82. The number of carbonyl (C=O) groups is 2. The van der Waals surface area contributed by atoms with Crippen molar-refractivity contribution in [2.75, 3.05) is 0 Å². The van der Waals surface area contributed by atoms with Gasteiger partial charge in [0.2, 0.25) is 0 Å². The molecule has 2 aliphatic rings. The molecule has 0 aromatic heterocycles. The van der Waals surface area contributed by atoms with Crippen LogP contribution < -0.4 is 0 Å². The highest BCUT2D eigenvalue weighted by Crippen LogP contribution is 2.50. The van der Waals surface area contributed by atoms with Crippen molar-refractivity contribution in [3.63, 3.8) is 0 Å². The highest BCUT2D eigenvalue weighted by Gasteiger charge is 2.49. The Morgan fingerprint density at radius 1 is 0.767 bits per heavy atom. The third kappa shape index (κ3) is 3.32. The lowest BCUT2D eigenvalue weighted by molar-refractivity contribution is -0.150. The summed E-state index contributed by atoms with van der Waals surface area (Å²) in [5, 5.41) is 18.8. The molecule has 0 saturated carbocycles. The normalized spacial score (nSPS) is 28.8. The lowest BCUT2D eigenvalue weighted by Crippen LogP contribution is -2.33. The van der Waals surface area contributed by atoms with E-state index in [4.69, 9.17) is 0 Å². The Labute approximate surface area is 179 Å². The predicted molar refractivity (Wildman–Crippen MR) is 118 cm³/mol. The van der Waals surface area contributed by atoms with Crippen LogP contribution in [0.5, 0.6) is 0 Å². The summed E-state index contributed by atoms with van der Waals surface area (Å²) < 4.78 is 0. The third-order valence-corrected chi connectivity index (χ3v) is 7.83. The number of rotatable bonds is 4. The lowest BCUT2D eigenvalue weighted by atomic mass is 9.75. The molecule has 0 amide bonds. The lowest BCUT2D eigenvalue weighted by Gasteiger charge is -2.27. The van der Waals surface area contributed by atoms with E-state index in [1.165, 1.54) is 22.3 Å². The first-order valence-electron chi connectivity index (χ1n) is 10.9. The standard InChI is InChI=1S/2C13H16O2/c2*1-3-13(12(14)15)8-10-6-4-5-7-11(10)9(13)2/h2*4-7,9H,3,8H2,1-2H3,(H,14,15). The maximum absolute atomic E-state index is 11.4. The molecule has 0 heterocycles. The average molecular weight is 409 g/mol. The molecule has 4 unspecified atom stereocenters. The largest absolute Gasteiger partial charge is 0.481 e. The Kier molecular flexibility index (Phi) is 6.07. The molecule has 4 heteroatoms. The van der Waals surface area contributed by atoms with Crippen molar-refractivity contribution in [2.24, 2.45) is 10.8 Å². The SMILES string of the molecule is CCC1(C(=O)O)Cc2ccccc2C1C.CCC1(C(=O)O)Cc2ccccc2C1C. The minimum Gasteiger partial charge on any atom is -0.481 e. The van der Waals surface area contributed by atoms with Crippen LogP contribution in [0.1, 0.15) is 74.6 Å². The molecule has 4 atom stereocenters. The molecule has 160 valence electrons. The Bertz CT molecular complexity index is 872. The zero-order valence-electron chi connectivity index (χ0n) is 18.3. The summed E-state index contributed by atoms with van der Waals surface area (Å²) in [5.41, 5.74) is 3.67. The molecule has 30 heavy (non-hydrogen) atoms. The van der Waals surface area contributed by atoms with Gasteiger partial charge in [0.1, 0.15) is 0 Å². The monoisotopic (exact) mass is 408 g/mol. The first-order valence-corrected chi connectivity index (χ1v) is 10.9. The Morgan fingerprint density at radius 3 is 1.37 bits per heavy atom. The summed E-state index contributed by atoms with van der Waals surface area (Å²) in [7, 11) is 0. The molecule has 2 N–H and O–H groups in total. The summed E-state index contributed by atoms with van der Waals surface area (Å²) in [5.74, 6) is -1.07. The molecule has 0 fully saturated rings. The quantitative estimate of drug-likeness (QED) is 0.685. The Balaban J connectivity index is 0.000000171. The van der Waals surface area contributed by atoms with E-state index in [9.17, 15) is 19.8 Å². The van der Waals surface area contributed by atoms with Crippen LogP contribution in [-0.4, -0.2) is 22.2 Å². The summed E-state index contributed by atoms with van der Waals surface area (Å²) in [6.07, 6.45) is 2.74. The number of hydrogen-bond acceptors (Lipinski definition) is 2. The fourth-order valence-electron chi connectivity index (χ4n) is 5.50. The first kappa shape index (κ1) is 22.1. The number of carboxylic acids is 2. The van der Waals surface area contributed by atoms with Crippen molar-refractivity contribution in [1.29, 1.82) is 0 Å². The van der Waals surface area contributed by atoms with Gasteiger partial charge in [-0.3, -0.25) is 9.59 Å². The molecule has 0 saturated heterocycles. The summed E-state index contributed by atoms with van der Waals surface area (Å²) in [6, 6.07) is 16.2. The van der Waals surface area contributed by atoms with Gasteiger partial charge >= 0.3 is 11.9 Å². The van der Waals surface area contributed by atoms with E-state index < -0.39 is 22.8 Å². The molecule has 0 bridgehead atoms. The fraction of sp³-hybridized carbons (Fsp3) is 0.462. The second kappa shape index (κ2) is 8.25. The molecule has 0 spiro atoms. The van der Waals surface area contributed by atoms with Gasteiger partial charge in [-0.25, -0.2) is 0 Å². The van der Waals surface area contributed by atoms with E-state index in [1.807, 2.05) is 64.1 Å². The summed E-state index contributed by atoms with van der Waals surface area (Å²) in [6.45, 7) is 8.00. The summed E-state index contributed by atoms with van der Waals surface area (Å²) >= 11 is 0. The van der Waals surface area contributed by atoms with Crippen molar-refractivity contribution >= 4 is 11.9 Å². The van der Waals surface area contributed by atoms with Gasteiger partial charge in [-0.15, -0.1) is 0 Å².